The molecular formula is C21H21NO5. The van der Waals surface area contributed by atoms with E-state index in [2.05, 4.69) is 29.6 Å². The van der Waals surface area contributed by atoms with Crippen LogP contribution >= 0.6 is 0 Å². The smallest absolute Gasteiger partial charge is 0.407 e. The van der Waals surface area contributed by atoms with Crippen molar-refractivity contribution in [1.82, 2.24) is 5.32 Å². The van der Waals surface area contributed by atoms with Gasteiger partial charge in [0.15, 0.2) is 0 Å². The first-order chi connectivity index (χ1) is 13.1. The highest BCUT2D eigenvalue weighted by atomic mass is 16.5. The Morgan fingerprint density at radius 1 is 1.11 bits per heavy atom. The molecule has 6 nitrogen and oxygen atoms in total. The van der Waals surface area contributed by atoms with Crippen molar-refractivity contribution in [2.24, 2.45) is 5.41 Å². The van der Waals surface area contributed by atoms with Crippen LogP contribution in [0.25, 0.3) is 11.1 Å². The Morgan fingerprint density at radius 3 is 2.30 bits per heavy atom. The molecule has 1 amide bonds. The van der Waals surface area contributed by atoms with Crippen LogP contribution in [0.3, 0.4) is 0 Å². The summed E-state index contributed by atoms with van der Waals surface area (Å²) in [6, 6.07) is 16.2. The Bertz CT molecular complexity index is 827. The van der Waals surface area contributed by atoms with Crippen LogP contribution in [0.1, 0.15) is 23.5 Å². The monoisotopic (exact) mass is 367 g/mol. The number of carbonyl (C=O) groups excluding carboxylic acids is 1. The van der Waals surface area contributed by atoms with Gasteiger partial charge in [-0.15, -0.1) is 0 Å². The molecule has 1 saturated heterocycles. The van der Waals surface area contributed by atoms with Crippen molar-refractivity contribution in [1.29, 1.82) is 0 Å². The van der Waals surface area contributed by atoms with Crippen molar-refractivity contribution in [2.75, 3.05) is 26.4 Å². The second kappa shape index (κ2) is 7.04. The number of carboxylic acid groups (broad SMARTS) is 1. The Balaban J connectivity index is 1.42. The number of amides is 1. The molecule has 0 radical (unpaired) electrons. The number of alkyl carbamates (subject to hydrolysis) is 1. The zero-order valence-electron chi connectivity index (χ0n) is 14.8. The molecule has 0 aromatic heterocycles. The van der Waals surface area contributed by atoms with Gasteiger partial charge >= 0.3 is 12.1 Å². The number of carboxylic acids is 1. The summed E-state index contributed by atoms with van der Waals surface area (Å²) >= 11 is 0. The van der Waals surface area contributed by atoms with Gasteiger partial charge in [0.1, 0.15) is 12.0 Å². The van der Waals surface area contributed by atoms with Crippen LogP contribution in [-0.4, -0.2) is 43.5 Å². The quantitative estimate of drug-likeness (QED) is 0.849. The van der Waals surface area contributed by atoms with E-state index < -0.39 is 17.5 Å². The summed E-state index contributed by atoms with van der Waals surface area (Å²) < 4.78 is 10.6. The van der Waals surface area contributed by atoms with E-state index in [-0.39, 0.29) is 25.7 Å². The van der Waals surface area contributed by atoms with Gasteiger partial charge in [0, 0.05) is 19.1 Å². The number of aliphatic carboxylic acids is 1. The van der Waals surface area contributed by atoms with E-state index >= 15 is 0 Å². The summed E-state index contributed by atoms with van der Waals surface area (Å²) in [5, 5.41) is 12.0. The van der Waals surface area contributed by atoms with E-state index in [9.17, 15) is 14.7 Å². The number of rotatable bonds is 5. The highest BCUT2D eigenvalue weighted by Gasteiger charge is 2.43. The van der Waals surface area contributed by atoms with Gasteiger partial charge in [0.05, 0.1) is 6.61 Å². The molecule has 140 valence electrons. The number of ether oxygens (including phenoxy) is 2. The standard InChI is InChI=1S/C21H21NO5/c23-19(24)21(9-10-26-13-21)12-22-20(25)27-11-18-16-7-3-1-5-14(16)15-6-2-4-8-17(15)18/h1-8,18H,9-13H2,(H,22,25)(H,23,24). The first-order valence-corrected chi connectivity index (χ1v) is 9.01. The lowest BCUT2D eigenvalue weighted by Gasteiger charge is -2.22. The molecular weight excluding hydrogens is 346 g/mol. The predicted molar refractivity (Wildman–Crippen MR) is 98.6 cm³/mol. The van der Waals surface area contributed by atoms with Gasteiger partial charge in [-0.05, 0) is 28.7 Å². The zero-order valence-corrected chi connectivity index (χ0v) is 14.8. The van der Waals surface area contributed by atoms with Crippen LogP contribution in [-0.2, 0) is 14.3 Å². The van der Waals surface area contributed by atoms with E-state index in [0.717, 1.165) is 22.3 Å². The van der Waals surface area contributed by atoms with Crippen LogP contribution < -0.4 is 5.32 Å². The zero-order chi connectivity index (χ0) is 18.9. The molecule has 1 fully saturated rings. The van der Waals surface area contributed by atoms with Gasteiger partial charge in [-0.25, -0.2) is 4.79 Å². The number of nitrogens with one attached hydrogen (secondary N) is 1. The lowest BCUT2D eigenvalue weighted by atomic mass is 9.87. The van der Waals surface area contributed by atoms with Crippen molar-refractivity contribution < 1.29 is 24.2 Å². The molecule has 1 atom stereocenters. The van der Waals surface area contributed by atoms with Crippen LogP contribution in [0.4, 0.5) is 4.79 Å². The summed E-state index contributed by atoms with van der Waals surface area (Å²) in [6.45, 7) is 0.695. The largest absolute Gasteiger partial charge is 0.481 e. The van der Waals surface area contributed by atoms with Crippen molar-refractivity contribution in [3.05, 3.63) is 59.7 Å². The average Bonchev–Trinajstić information content (AvgIpc) is 3.29. The highest BCUT2D eigenvalue weighted by molar-refractivity contribution is 5.79. The van der Waals surface area contributed by atoms with Crippen LogP contribution in [0, 0.1) is 5.41 Å². The summed E-state index contributed by atoms with van der Waals surface area (Å²) in [7, 11) is 0. The lowest BCUT2D eigenvalue weighted by molar-refractivity contribution is -0.148. The molecule has 1 heterocycles. The molecule has 0 spiro atoms. The van der Waals surface area contributed by atoms with E-state index in [4.69, 9.17) is 9.47 Å². The molecule has 1 aliphatic carbocycles. The third kappa shape index (κ3) is 3.17. The molecule has 2 aromatic carbocycles. The SMILES string of the molecule is O=C(NCC1(C(=O)O)CCOC1)OCC1c2ccccc2-c2ccccc21. The third-order valence-corrected chi connectivity index (χ3v) is 5.47. The minimum absolute atomic E-state index is 0.000985. The minimum Gasteiger partial charge on any atom is -0.481 e. The topological polar surface area (TPSA) is 84.9 Å². The van der Waals surface area contributed by atoms with Gasteiger partial charge in [-0.2, -0.15) is 0 Å². The van der Waals surface area contributed by atoms with Gasteiger partial charge in [0.25, 0.3) is 0 Å². The first-order valence-electron chi connectivity index (χ1n) is 9.01. The maximum absolute atomic E-state index is 12.2. The van der Waals surface area contributed by atoms with Gasteiger partial charge in [-0.3, -0.25) is 4.79 Å². The summed E-state index contributed by atoms with van der Waals surface area (Å²) in [4.78, 5) is 23.7. The van der Waals surface area contributed by atoms with E-state index in [1.165, 1.54) is 0 Å². The average molecular weight is 367 g/mol. The van der Waals surface area contributed by atoms with Gasteiger partial charge in [0.2, 0.25) is 0 Å². The normalized spacial score (nSPS) is 20.7. The van der Waals surface area contributed by atoms with Gasteiger partial charge < -0.3 is 19.9 Å². The Morgan fingerprint density at radius 2 is 1.74 bits per heavy atom. The van der Waals surface area contributed by atoms with Gasteiger partial charge in [-0.1, -0.05) is 48.5 Å². The molecule has 4 rings (SSSR count). The maximum Gasteiger partial charge on any atom is 0.407 e. The van der Waals surface area contributed by atoms with Crippen molar-refractivity contribution >= 4 is 12.1 Å². The van der Waals surface area contributed by atoms with Crippen molar-refractivity contribution in [3.8, 4) is 11.1 Å². The van der Waals surface area contributed by atoms with Crippen LogP contribution in [0.5, 0.6) is 0 Å². The summed E-state index contributed by atoms with van der Waals surface area (Å²) in [5.74, 6) is -0.981. The minimum atomic E-state index is -1.06. The molecule has 2 aromatic rings. The fourth-order valence-electron chi connectivity index (χ4n) is 3.88. The first kappa shape index (κ1) is 17.5. The second-order valence-corrected chi connectivity index (χ2v) is 7.07. The molecule has 0 saturated carbocycles. The van der Waals surface area contributed by atoms with Crippen LogP contribution in [0.2, 0.25) is 0 Å². The Kier molecular flexibility index (Phi) is 4.58. The number of hydrogen-bond donors (Lipinski definition) is 2. The van der Waals surface area contributed by atoms with Crippen LogP contribution in [0.15, 0.2) is 48.5 Å². The fraction of sp³-hybridized carbons (Fsp3) is 0.333. The summed E-state index contributed by atoms with van der Waals surface area (Å²) in [5.41, 5.74) is 3.53. The molecule has 1 aliphatic heterocycles. The fourth-order valence-corrected chi connectivity index (χ4v) is 3.88. The number of hydrogen-bond acceptors (Lipinski definition) is 4. The van der Waals surface area contributed by atoms with E-state index in [1.54, 1.807) is 0 Å². The third-order valence-electron chi connectivity index (χ3n) is 5.47. The molecule has 6 heteroatoms. The maximum atomic E-state index is 12.2. The van der Waals surface area contributed by atoms with Crippen molar-refractivity contribution in [2.45, 2.75) is 12.3 Å². The lowest BCUT2D eigenvalue weighted by Crippen LogP contribution is -2.43. The van der Waals surface area contributed by atoms with E-state index in [1.807, 2.05) is 24.3 Å². The summed E-state index contributed by atoms with van der Waals surface area (Å²) in [6.07, 6.45) is -0.226. The number of carbonyl (C=O) groups is 2. The number of benzene rings is 2. The van der Waals surface area contributed by atoms with Crippen molar-refractivity contribution in [3.63, 3.8) is 0 Å². The molecule has 2 N–H and O–H groups in total. The Labute approximate surface area is 157 Å². The molecule has 1 unspecified atom stereocenters. The molecule has 0 bridgehead atoms. The predicted octanol–water partition coefficient (Wildman–Crippen LogP) is 3.02. The Hall–Kier alpha value is -2.86. The molecule has 2 aliphatic rings. The number of fused-ring (bicyclic) bond motifs is 3. The highest BCUT2D eigenvalue weighted by Crippen LogP contribution is 2.44. The second-order valence-electron chi connectivity index (χ2n) is 7.07. The van der Waals surface area contributed by atoms with E-state index in [0.29, 0.717) is 13.0 Å². The molecule has 27 heavy (non-hydrogen) atoms.